The number of likely N-dealkylation sites (N-methyl/N-ethyl adjacent to an activating group) is 1. The molecule has 0 N–H and O–H groups in total. The second-order valence-electron chi connectivity index (χ2n) is 4.59. The molecule has 0 aliphatic carbocycles. The van der Waals surface area contributed by atoms with Gasteiger partial charge in [0.25, 0.3) is 5.91 Å². The second kappa shape index (κ2) is 5.96. The molecular weight excluding hydrogens is 231 g/mol. The van der Waals surface area contributed by atoms with Crippen molar-refractivity contribution >= 4 is 5.91 Å². The van der Waals surface area contributed by atoms with E-state index in [1.54, 1.807) is 12.1 Å². The Hall–Kier alpha value is -1.42. The van der Waals surface area contributed by atoms with Crippen molar-refractivity contribution < 1.29 is 9.18 Å². The van der Waals surface area contributed by atoms with Crippen molar-refractivity contribution in [3.05, 3.63) is 35.6 Å². The van der Waals surface area contributed by atoms with Crippen molar-refractivity contribution in [2.24, 2.45) is 0 Å². The van der Waals surface area contributed by atoms with E-state index in [2.05, 4.69) is 11.8 Å². The average molecular weight is 250 g/mol. The van der Waals surface area contributed by atoms with Gasteiger partial charge in [0.15, 0.2) is 0 Å². The Morgan fingerprint density at radius 2 is 2.11 bits per heavy atom. The summed E-state index contributed by atoms with van der Waals surface area (Å²) < 4.78 is 13.1. The van der Waals surface area contributed by atoms with Crippen molar-refractivity contribution in [1.82, 2.24) is 9.80 Å². The molecule has 0 atom stereocenters. The Labute approximate surface area is 107 Å². The van der Waals surface area contributed by atoms with Gasteiger partial charge in [-0.05, 0) is 37.7 Å². The maximum absolute atomic E-state index is 13.1. The van der Waals surface area contributed by atoms with Crippen molar-refractivity contribution in [2.45, 2.75) is 13.3 Å². The van der Waals surface area contributed by atoms with Gasteiger partial charge in [0, 0.05) is 25.2 Å². The lowest BCUT2D eigenvalue weighted by Gasteiger charge is -2.21. The van der Waals surface area contributed by atoms with Crippen LogP contribution in [0.25, 0.3) is 0 Å². The molecule has 1 aromatic carbocycles. The zero-order valence-electron chi connectivity index (χ0n) is 10.7. The summed E-state index contributed by atoms with van der Waals surface area (Å²) in [6, 6.07) is 5.93. The van der Waals surface area contributed by atoms with Crippen molar-refractivity contribution in [2.75, 3.05) is 32.7 Å². The highest BCUT2D eigenvalue weighted by atomic mass is 19.1. The average Bonchev–Trinajstić information content (AvgIpc) is 2.63. The molecule has 0 spiro atoms. The molecule has 4 heteroatoms. The third-order valence-corrected chi connectivity index (χ3v) is 3.39. The van der Waals surface area contributed by atoms with Crippen LogP contribution < -0.4 is 0 Å². The third kappa shape index (κ3) is 3.07. The maximum Gasteiger partial charge on any atom is 0.254 e. The molecule has 2 rings (SSSR count). The zero-order chi connectivity index (χ0) is 13.0. The van der Waals surface area contributed by atoms with Crippen LogP contribution in [0.3, 0.4) is 0 Å². The smallest absolute Gasteiger partial charge is 0.254 e. The minimum Gasteiger partial charge on any atom is -0.337 e. The molecule has 1 amide bonds. The lowest BCUT2D eigenvalue weighted by molar-refractivity contribution is 0.0761. The zero-order valence-corrected chi connectivity index (χ0v) is 10.7. The molecule has 1 heterocycles. The normalized spacial score (nSPS) is 17.6. The Morgan fingerprint density at radius 1 is 1.28 bits per heavy atom. The number of halogens is 1. The van der Waals surface area contributed by atoms with Crippen LogP contribution in [0.1, 0.15) is 23.7 Å². The molecule has 1 aliphatic rings. The van der Waals surface area contributed by atoms with E-state index >= 15 is 0 Å². The van der Waals surface area contributed by atoms with Crippen LogP contribution in [-0.2, 0) is 0 Å². The predicted octanol–water partition coefficient (Wildman–Crippen LogP) is 1.99. The van der Waals surface area contributed by atoms with Crippen LogP contribution in [0.2, 0.25) is 0 Å². The molecule has 98 valence electrons. The van der Waals surface area contributed by atoms with Gasteiger partial charge in [-0.2, -0.15) is 0 Å². The Bertz CT molecular complexity index is 422. The van der Waals surface area contributed by atoms with Crippen LogP contribution in [0.5, 0.6) is 0 Å². The summed E-state index contributed by atoms with van der Waals surface area (Å²) in [5, 5.41) is 0. The highest BCUT2D eigenvalue weighted by Gasteiger charge is 2.19. The number of benzene rings is 1. The molecule has 1 aromatic rings. The van der Waals surface area contributed by atoms with E-state index in [0.717, 1.165) is 39.1 Å². The number of hydrogen-bond donors (Lipinski definition) is 0. The van der Waals surface area contributed by atoms with Crippen LogP contribution >= 0.6 is 0 Å². The summed E-state index contributed by atoms with van der Waals surface area (Å²) in [6.07, 6.45) is 0.981. The van der Waals surface area contributed by atoms with E-state index in [-0.39, 0.29) is 11.7 Å². The molecular formula is C14H19FN2O. The standard InChI is InChI=1S/C14H19FN2O/c1-2-16-7-4-8-17(10-9-16)14(18)12-5-3-6-13(15)11-12/h3,5-6,11H,2,4,7-10H2,1H3. The summed E-state index contributed by atoms with van der Waals surface area (Å²) in [4.78, 5) is 16.4. The van der Waals surface area contributed by atoms with E-state index in [9.17, 15) is 9.18 Å². The molecule has 0 bridgehead atoms. The van der Waals surface area contributed by atoms with Crippen molar-refractivity contribution in [1.29, 1.82) is 0 Å². The summed E-state index contributed by atoms with van der Waals surface area (Å²) in [5.74, 6) is -0.418. The Kier molecular flexibility index (Phi) is 4.31. The number of rotatable bonds is 2. The molecule has 1 aliphatic heterocycles. The lowest BCUT2D eigenvalue weighted by Crippen LogP contribution is -2.35. The molecule has 0 unspecified atom stereocenters. The van der Waals surface area contributed by atoms with Crippen molar-refractivity contribution in [3.63, 3.8) is 0 Å². The van der Waals surface area contributed by atoms with E-state index in [1.165, 1.54) is 12.1 Å². The number of carbonyl (C=O) groups is 1. The summed E-state index contributed by atoms with van der Waals surface area (Å²) in [6.45, 7) is 6.56. The van der Waals surface area contributed by atoms with E-state index in [1.807, 2.05) is 4.90 Å². The summed E-state index contributed by atoms with van der Waals surface area (Å²) in [5.41, 5.74) is 0.444. The van der Waals surface area contributed by atoms with Gasteiger partial charge in [0.1, 0.15) is 5.82 Å². The topological polar surface area (TPSA) is 23.6 Å². The van der Waals surface area contributed by atoms with Gasteiger partial charge in [-0.3, -0.25) is 4.79 Å². The fourth-order valence-corrected chi connectivity index (χ4v) is 2.29. The van der Waals surface area contributed by atoms with Crippen LogP contribution in [-0.4, -0.2) is 48.4 Å². The molecule has 1 saturated heterocycles. The molecule has 0 radical (unpaired) electrons. The van der Waals surface area contributed by atoms with Crippen LogP contribution in [0.15, 0.2) is 24.3 Å². The largest absolute Gasteiger partial charge is 0.337 e. The second-order valence-corrected chi connectivity index (χ2v) is 4.59. The molecule has 0 saturated carbocycles. The highest BCUT2D eigenvalue weighted by molar-refractivity contribution is 5.94. The molecule has 0 aromatic heterocycles. The fourth-order valence-electron chi connectivity index (χ4n) is 2.29. The fraction of sp³-hybridized carbons (Fsp3) is 0.500. The number of hydrogen-bond acceptors (Lipinski definition) is 2. The van der Waals surface area contributed by atoms with Gasteiger partial charge in [0.05, 0.1) is 0 Å². The van der Waals surface area contributed by atoms with Gasteiger partial charge in [-0.1, -0.05) is 13.0 Å². The lowest BCUT2D eigenvalue weighted by atomic mass is 10.2. The summed E-state index contributed by atoms with van der Waals surface area (Å²) >= 11 is 0. The van der Waals surface area contributed by atoms with Gasteiger partial charge >= 0.3 is 0 Å². The first-order valence-corrected chi connectivity index (χ1v) is 6.48. The van der Waals surface area contributed by atoms with Gasteiger partial charge in [0.2, 0.25) is 0 Å². The molecule has 1 fully saturated rings. The minimum atomic E-state index is -0.356. The number of amides is 1. The first kappa shape index (κ1) is 13.0. The van der Waals surface area contributed by atoms with Crippen LogP contribution in [0.4, 0.5) is 4.39 Å². The minimum absolute atomic E-state index is 0.0625. The van der Waals surface area contributed by atoms with Gasteiger partial charge < -0.3 is 9.80 Å². The molecule has 3 nitrogen and oxygen atoms in total. The predicted molar refractivity (Wildman–Crippen MR) is 69.0 cm³/mol. The van der Waals surface area contributed by atoms with E-state index in [4.69, 9.17) is 0 Å². The summed E-state index contributed by atoms with van der Waals surface area (Å²) in [7, 11) is 0. The van der Waals surface area contributed by atoms with Gasteiger partial charge in [-0.25, -0.2) is 4.39 Å². The van der Waals surface area contributed by atoms with Crippen molar-refractivity contribution in [3.8, 4) is 0 Å². The van der Waals surface area contributed by atoms with E-state index < -0.39 is 0 Å². The number of carbonyl (C=O) groups excluding carboxylic acids is 1. The Balaban J connectivity index is 2.05. The number of nitrogens with zero attached hydrogens (tertiary/aromatic N) is 2. The SMILES string of the molecule is CCN1CCCN(C(=O)c2cccc(F)c2)CC1. The van der Waals surface area contributed by atoms with Gasteiger partial charge in [-0.15, -0.1) is 0 Å². The first-order valence-electron chi connectivity index (χ1n) is 6.48. The quantitative estimate of drug-likeness (QED) is 0.801. The Morgan fingerprint density at radius 3 is 2.83 bits per heavy atom. The van der Waals surface area contributed by atoms with E-state index in [0.29, 0.717) is 5.56 Å². The first-order chi connectivity index (χ1) is 8.70. The van der Waals surface area contributed by atoms with Crippen LogP contribution in [0, 0.1) is 5.82 Å². The monoisotopic (exact) mass is 250 g/mol. The maximum atomic E-state index is 13.1. The highest BCUT2D eigenvalue weighted by Crippen LogP contribution is 2.10. The third-order valence-electron chi connectivity index (χ3n) is 3.39. The molecule has 18 heavy (non-hydrogen) atoms.